The number of carbonyl (C=O) groups excluding carboxylic acids is 2. The number of nitrogen functional groups attached to an aromatic ring is 1. The minimum atomic E-state index is -5.02. The van der Waals surface area contributed by atoms with Gasteiger partial charge >= 0.3 is 44.8 Å². The van der Waals surface area contributed by atoms with Crippen molar-refractivity contribution in [2.24, 2.45) is 0 Å². The molecule has 20 unspecified atom stereocenters. The number of phosphoric acid groups is 5. The van der Waals surface area contributed by atoms with Gasteiger partial charge < -0.3 is 74.1 Å². The molecule has 0 spiro atoms. The quantitative estimate of drug-likeness (QED) is 0.0280. The van der Waals surface area contributed by atoms with Gasteiger partial charge in [0.15, 0.2) is 6.10 Å². The molecule has 10 N–H and O–H groups in total. The molecule has 464 valence electrons. The topological polar surface area (TPSA) is 464 Å². The number of phosphoric ester groups is 5. The number of rotatable bonds is 32. The fourth-order valence-electron chi connectivity index (χ4n) is 9.27. The molecule has 6 rings (SSSR count). The molecule has 81 heavy (non-hydrogen) atoms. The predicted molar refractivity (Wildman–Crippen MR) is 273 cm³/mol. The van der Waals surface area contributed by atoms with Crippen LogP contribution in [0.3, 0.4) is 0 Å². The number of carbonyl (C=O) groups is 2. The molecule has 1 aromatic heterocycles. The molecule has 39 heteroatoms. The van der Waals surface area contributed by atoms with E-state index in [1.54, 1.807) is 27.7 Å². The Morgan fingerprint density at radius 2 is 1.09 bits per heavy atom. The Morgan fingerprint density at radius 1 is 0.667 bits per heavy atom. The number of nitrogens with one attached hydrogen (secondary N) is 2. The van der Waals surface area contributed by atoms with Crippen LogP contribution < -0.4 is 22.1 Å². The van der Waals surface area contributed by atoms with Gasteiger partial charge in [0.2, 0.25) is 5.91 Å². The third kappa shape index (κ3) is 21.8. The van der Waals surface area contributed by atoms with Crippen LogP contribution in [-0.4, -0.2) is 188 Å². The normalized spacial score (nSPS) is 34.0. The van der Waals surface area contributed by atoms with Crippen LogP contribution >= 0.6 is 39.1 Å². The SMILES string of the molecule is C=CC(OC1CC(n2ccc(N)nc2=O)OC1COP(=O)(O)O)C(=O)NCC1OC(C)CC1OP(=O)(O)OCC1OC(C)CC1OP(=O)(O)OCC1OC(C)CC1OP(=O)(O)OCC1OC(C)CC1OP(=O)(O)OCCCNC(C)=O. The maximum atomic E-state index is 13.5. The van der Waals surface area contributed by atoms with Crippen molar-refractivity contribution in [1.29, 1.82) is 0 Å². The van der Waals surface area contributed by atoms with Crippen molar-refractivity contribution in [3.63, 3.8) is 0 Å². The van der Waals surface area contributed by atoms with Crippen molar-refractivity contribution >= 4 is 56.7 Å². The summed E-state index contributed by atoms with van der Waals surface area (Å²) in [5, 5.41) is 5.11. The van der Waals surface area contributed by atoms with E-state index in [1.807, 2.05) is 0 Å². The van der Waals surface area contributed by atoms with Gasteiger partial charge in [0, 0.05) is 58.3 Å². The Labute approximate surface area is 464 Å². The highest BCUT2D eigenvalue weighted by Gasteiger charge is 2.47. The first-order valence-electron chi connectivity index (χ1n) is 25.5. The first-order valence-corrected chi connectivity index (χ1v) is 33.0. The molecule has 20 atom stereocenters. The van der Waals surface area contributed by atoms with Gasteiger partial charge in [-0.15, -0.1) is 0 Å². The lowest BCUT2D eigenvalue weighted by Crippen LogP contribution is -2.44. The zero-order valence-corrected chi connectivity index (χ0v) is 49.1. The van der Waals surface area contributed by atoms with Gasteiger partial charge in [-0.25, -0.2) is 27.6 Å². The van der Waals surface area contributed by atoms with Crippen molar-refractivity contribution < 1.29 is 131 Å². The highest BCUT2D eigenvalue weighted by molar-refractivity contribution is 7.48. The number of anilines is 1. The van der Waals surface area contributed by atoms with E-state index < -0.39 is 175 Å². The first-order chi connectivity index (χ1) is 37.8. The minimum absolute atomic E-state index is 0.00803. The number of amides is 2. The number of nitrogens with two attached hydrogens (primary N) is 1. The monoisotopic (exact) mass is 1270 g/mol. The van der Waals surface area contributed by atoms with Crippen LogP contribution in [0.25, 0.3) is 0 Å². The van der Waals surface area contributed by atoms with Gasteiger partial charge in [0.05, 0.1) is 69.7 Å². The standard InChI is InChI=1S/C42H72N5O29P5/c1-7-28(71-29-17-40(47-11-9-39(43)46-42(47)50)72-35(29)19-63-77(51,52)53)41(49)45-18-34-30(13-23(2)67-34)73-79(56,57)64-21-37-32(15-25(4)69-37)75-81(60,61)66-22-38-33(16-26(5)70-38)76-80(58,59)65-20-36-31(14-24(3)68-36)74-78(54,55)62-12-8-10-44-27(6)48/h7,9,11,23-26,28-38,40H,1,8,10,12-22H2,2-6H3,(H,44,48)(H,45,49)(H,54,55)(H,56,57)(H,58,59)(H,60,61)(H2,43,46,50)(H2,51,52,53). The predicted octanol–water partition coefficient (Wildman–Crippen LogP) is 1.52. The van der Waals surface area contributed by atoms with E-state index in [4.69, 9.17) is 70.3 Å². The number of aromatic nitrogens is 2. The van der Waals surface area contributed by atoms with Crippen LogP contribution in [0, 0.1) is 0 Å². The van der Waals surface area contributed by atoms with Gasteiger partial charge in [-0.2, -0.15) is 4.98 Å². The zero-order valence-electron chi connectivity index (χ0n) is 44.6. The van der Waals surface area contributed by atoms with E-state index in [0.717, 1.165) is 10.6 Å². The third-order valence-corrected chi connectivity index (χ3v) is 17.4. The van der Waals surface area contributed by atoms with Crippen molar-refractivity contribution in [3.05, 3.63) is 35.4 Å². The van der Waals surface area contributed by atoms with Crippen LogP contribution in [0.15, 0.2) is 29.7 Å². The molecule has 34 nitrogen and oxygen atoms in total. The van der Waals surface area contributed by atoms with Gasteiger partial charge in [-0.3, -0.25) is 54.9 Å². The van der Waals surface area contributed by atoms with E-state index >= 15 is 0 Å². The molecular formula is C42H72N5O29P5. The average Bonchev–Trinajstić information content (AvgIpc) is 4.17. The third-order valence-electron chi connectivity index (χ3n) is 12.8. The number of nitrogens with zero attached hydrogens (tertiary/aromatic N) is 2. The summed E-state index contributed by atoms with van der Waals surface area (Å²) in [4.78, 5) is 102. The summed E-state index contributed by atoms with van der Waals surface area (Å²) in [5.74, 6) is -1.14. The maximum absolute atomic E-state index is 13.5. The lowest BCUT2D eigenvalue weighted by molar-refractivity contribution is -0.137. The summed E-state index contributed by atoms with van der Waals surface area (Å²) < 4.78 is 147. The minimum Gasteiger partial charge on any atom is -0.383 e. The molecule has 0 radical (unpaired) electrons. The van der Waals surface area contributed by atoms with Crippen molar-refractivity contribution in [1.82, 2.24) is 20.2 Å². The van der Waals surface area contributed by atoms with Crippen LogP contribution in [0.2, 0.25) is 0 Å². The molecule has 5 aliphatic heterocycles. The van der Waals surface area contributed by atoms with E-state index in [0.29, 0.717) is 0 Å². The maximum Gasteiger partial charge on any atom is 0.472 e. The number of hydrogen-bond donors (Lipinski definition) is 9. The molecule has 5 aliphatic rings. The Bertz CT molecular complexity index is 2600. The largest absolute Gasteiger partial charge is 0.472 e. The van der Waals surface area contributed by atoms with Crippen molar-refractivity contribution in [2.75, 3.05) is 51.9 Å². The molecule has 0 aromatic carbocycles. The molecule has 1 aromatic rings. The Balaban J connectivity index is 0.958. The number of hydrogen-bond acceptors (Lipinski definition) is 25. The summed E-state index contributed by atoms with van der Waals surface area (Å²) in [7, 11) is -24.6. The van der Waals surface area contributed by atoms with E-state index in [9.17, 15) is 66.6 Å². The fraction of sp³-hybridized carbons (Fsp3) is 0.810. The average molecular weight is 1270 g/mol. The van der Waals surface area contributed by atoms with Crippen LogP contribution in [0.1, 0.15) is 79.4 Å². The Kier molecular flexibility index (Phi) is 24.6. The highest BCUT2D eigenvalue weighted by atomic mass is 31.2. The highest BCUT2D eigenvalue weighted by Crippen LogP contribution is 2.53. The van der Waals surface area contributed by atoms with Gasteiger partial charge in [-0.05, 0) is 40.2 Å². The smallest absolute Gasteiger partial charge is 0.383 e. The van der Waals surface area contributed by atoms with Gasteiger partial charge in [0.1, 0.15) is 60.9 Å². The number of ether oxygens (including phenoxy) is 6. The molecule has 6 heterocycles. The Hall–Kier alpha value is -2.33. The second kappa shape index (κ2) is 29.4. The lowest BCUT2D eigenvalue weighted by atomic mass is 10.1. The first kappa shape index (κ1) is 67.8. The van der Waals surface area contributed by atoms with E-state index in [1.165, 1.54) is 19.2 Å². The summed E-state index contributed by atoms with van der Waals surface area (Å²) >= 11 is 0. The van der Waals surface area contributed by atoms with Gasteiger partial charge in [0.25, 0.3) is 5.91 Å². The molecular weight excluding hydrogens is 1190 g/mol. The molecule has 0 aliphatic carbocycles. The molecule has 2 amide bonds. The summed E-state index contributed by atoms with van der Waals surface area (Å²) in [6, 6.07) is 1.33. The second-order valence-corrected chi connectivity index (χ2v) is 26.5. The van der Waals surface area contributed by atoms with Crippen LogP contribution in [0.5, 0.6) is 0 Å². The summed E-state index contributed by atoms with van der Waals surface area (Å²) in [6.07, 6.45) is -13.7. The molecule has 5 saturated heterocycles. The lowest BCUT2D eigenvalue weighted by Gasteiger charge is -2.26. The van der Waals surface area contributed by atoms with Gasteiger partial charge in [-0.1, -0.05) is 12.7 Å². The van der Waals surface area contributed by atoms with E-state index in [2.05, 4.69) is 26.7 Å². The van der Waals surface area contributed by atoms with Crippen LogP contribution in [0.4, 0.5) is 5.82 Å². The van der Waals surface area contributed by atoms with Crippen molar-refractivity contribution in [2.45, 2.75) is 171 Å². The fourth-order valence-corrected chi connectivity index (χ4v) is 13.5. The Morgan fingerprint density at radius 3 is 1.52 bits per heavy atom. The molecule has 5 fully saturated rings. The molecule has 0 saturated carbocycles. The summed E-state index contributed by atoms with van der Waals surface area (Å²) in [6.45, 7) is 8.38. The van der Waals surface area contributed by atoms with Crippen LogP contribution in [-0.2, 0) is 102 Å². The van der Waals surface area contributed by atoms with Crippen molar-refractivity contribution in [3.8, 4) is 0 Å². The zero-order chi connectivity index (χ0) is 59.7. The van der Waals surface area contributed by atoms with E-state index in [-0.39, 0.29) is 69.9 Å². The molecule has 0 bridgehead atoms. The summed E-state index contributed by atoms with van der Waals surface area (Å²) in [5.41, 5.74) is 4.80. The second-order valence-electron chi connectivity index (χ2n) is 19.7.